The van der Waals surface area contributed by atoms with Crippen LogP contribution in [0.1, 0.15) is 74.6 Å². The lowest BCUT2D eigenvalue weighted by Crippen LogP contribution is -2.37. The van der Waals surface area contributed by atoms with E-state index in [1.54, 1.807) is 24.3 Å². The van der Waals surface area contributed by atoms with Crippen LogP contribution >= 0.6 is 0 Å². The molecule has 1 aromatic rings. The lowest BCUT2D eigenvalue weighted by atomic mass is 10.1. The van der Waals surface area contributed by atoms with Crippen LogP contribution in [-0.4, -0.2) is 36.5 Å². The van der Waals surface area contributed by atoms with Crippen LogP contribution in [0.3, 0.4) is 0 Å². The Morgan fingerprint density at radius 2 is 1.60 bits per heavy atom. The molecule has 1 aromatic carbocycles. The molecule has 0 radical (unpaired) electrons. The summed E-state index contributed by atoms with van der Waals surface area (Å²) in [5.41, 5.74) is 0.987. The van der Waals surface area contributed by atoms with E-state index in [0.29, 0.717) is 42.7 Å². The van der Waals surface area contributed by atoms with Crippen LogP contribution in [0, 0.1) is 11.8 Å². The van der Waals surface area contributed by atoms with Gasteiger partial charge in [-0.1, -0.05) is 53.5 Å². The van der Waals surface area contributed by atoms with Crippen molar-refractivity contribution in [3.05, 3.63) is 35.4 Å². The van der Waals surface area contributed by atoms with Gasteiger partial charge in [-0.25, -0.2) is 4.79 Å². The third kappa shape index (κ3) is 7.72. The van der Waals surface area contributed by atoms with Gasteiger partial charge >= 0.3 is 5.97 Å². The molecule has 0 spiro atoms. The first kappa shape index (κ1) is 21.2. The van der Waals surface area contributed by atoms with Gasteiger partial charge in [0.15, 0.2) is 0 Å². The third-order valence-corrected chi connectivity index (χ3v) is 3.78. The number of nitrogens with zero attached hydrogens (tertiary/aromatic N) is 1. The first-order valence-corrected chi connectivity index (χ1v) is 9.41. The van der Waals surface area contributed by atoms with Crippen LogP contribution in [0.25, 0.3) is 0 Å². The van der Waals surface area contributed by atoms with Crippen LogP contribution in [-0.2, 0) is 4.74 Å². The monoisotopic (exact) mass is 347 g/mol. The van der Waals surface area contributed by atoms with Gasteiger partial charge < -0.3 is 9.64 Å². The Bertz CT molecular complexity index is 542. The van der Waals surface area contributed by atoms with Crippen molar-refractivity contribution in [2.45, 2.75) is 53.9 Å². The first-order chi connectivity index (χ1) is 11.8. The van der Waals surface area contributed by atoms with Crippen molar-refractivity contribution >= 4 is 11.9 Å². The average Bonchev–Trinajstić information content (AvgIpc) is 2.56. The zero-order valence-corrected chi connectivity index (χ0v) is 16.4. The Kier molecular flexibility index (Phi) is 9.25. The molecule has 0 saturated carbocycles. The maximum Gasteiger partial charge on any atom is 0.338 e. The molecule has 0 heterocycles. The van der Waals surface area contributed by atoms with Crippen LogP contribution in [0.2, 0.25) is 0 Å². The van der Waals surface area contributed by atoms with E-state index in [9.17, 15) is 9.59 Å². The van der Waals surface area contributed by atoms with Crippen molar-refractivity contribution in [2.24, 2.45) is 11.8 Å². The molecule has 0 aliphatic rings. The number of benzene rings is 1. The van der Waals surface area contributed by atoms with Gasteiger partial charge in [0.05, 0.1) is 12.2 Å². The van der Waals surface area contributed by atoms with Crippen LogP contribution in [0.4, 0.5) is 0 Å². The molecule has 1 rings (SSSR count). The van der Waals surface area contributed by atoms with Crippen molar-refractivity contribution in [1.82, 2.24) is 4.90 Å². The molecule has 0 fully saturated rings. The van der Waals surface area contributed by atoms with E-state index in [4.69, 9.17) is 4.74 Å². The van der Waals surface area contributed by atoms with Gasteiger partial charge in [-0.15, -0.1) is 0 Å². The van der Waals surface area contributed by atoms with Crippen molar-refractivity contribution in [3.63, 3.8) is 0 Å². The quantitative estimate of drug-likeness (QED) is 0.452. The van der Waals surface area contributed by atoms with E-state index in [1.807, 2.05) is 4.90 Å². The van der Waals surface area contributed by atoms with Gasteiger partial charge in [-0.3, -0.25) is 4.79 Å². The van der Waals surface area contributed by atoms with Gasteiger partial charge in [0.1, 0.15) is 0 Å². The summed E-state index contributed by atoms with van der Waals surface area (Å²) in [4.78, 5) is 26.9. The summed E-state index contributed by atoms with van der Waals surface area (Å²) in [7, 11) is 0. The molecule has 0 aliphatic heterocycles. The lowest BCUT2D eigenvalue weighted by Gasteiger charge is -2.26. The second kappa shape index (κ2) is 10.9. The fraction of sp³-hybridized carbons (Fsp3) is 0.619. The highest BCUT2D eigenvalue weighted by Gasteiger charge is 2.19. The molecule has 0 aliphatic carbocycles. The average molecular weight is 347 g/mol. The Labute approximate surface area is 152 Å². The number of hydrogen-bond donors (Lipinski definition) is 0. The van der Waals surface area contributed by atoms with E-state index in [2.05, 4.69) is 34.6 Å². The molecule has 0 unspecified atom stereocenters. The van der Waals surface area contributed by atoms with Gasteiger partial charge in [0, 0.05) is 18.7 Å². The number of ether oxygens (including phenoxy) is 1. The second-order valence-corrected chi connectivity index (χ2v) is 7.42. The van der Waals surface area contributed by atoms with Crippen molar-refractivity contribution in [3.8, 4) is 0 Å². The predicted octanol–water partition coefficient (Wildman–Crippen LogP) is 4.79. The molecule has 4 nitrogen and oxygen atoms in total. The number of carbonyl (C=O) groups is 2. The van der Waals surface area contributed by atoms with E-state index < -0.39 is 0 Å². The molecule has 0 bridgehead atoms. The van der Waals surface area contributed by atoms with Gasteiger partial charge in [-0.2, -0.15) is 0 Å². The molecule has 0 atom stereocenters. The van der Waals surface area contributed by atoms with E-state index in [1.165, 1.54) is 0 Å². The molecular formula is C21H33NO3. The number of carbonyl (C=O) groups excluding carboxylic acids is 2. The van der Waals surface area contributed by atoms with Gasteiger partial charge in [-0.05, 0) is 36.5 Å². The highest BCUT2D eigenvalue weighted by molar-refractivity contribution is 5.98. The Balaban J connectivity index is 2.82. The molecule has 25 heavy (non-hydrogen) atoms. The summed E-state index contributed by atoms with van der Waals surface area (Å²) in [5.74, 6) is 0.414. The minimum absolute atomic E-state index is 0.0250. The smallest absolute Gasteiger partial charge is 0.338 e. The van der Waals surface area contributed by atoms with E-state index in [-0.39, 0.29) is 11.9 Å². The fourth-order valence-corrected chi connectivity index (χ4v) is 2.68. The third-order valence-electron chi connectivity index (χ3n) is 3.78. The second-order valence-electron chi connectivity index (χ2n) is 7.42. The summed E-state index contributed by atoms with van der Waals surface area (Å²) in [6.07, 6.45) is 3.01. The van der Waals surface area contributed by atoms with Gasteiger partial charge in [0.2, 0.25) is 0 Å². The standard InChI is InChI=1S/C21H33NO3/c1-6-7-8-12-25-21(24)19-11-9-10-18(13-19)20(23)22(14-16(2)3)15-17(4)5/h9-11,13,16-17H,6-8,12,14-15H2,1-5H3. The number of hydrogen-bond acceptors (Lipinski definition) is 3. The lowest BCUT2D eigenvalue weighted by molar-refractivity contribution is 0.0498. The highest BCUT2D eigenvalue weighted by Crippen LogP contribution is 2.13. The normalized spacial score (nSPS) is 11.0. The summed E-state index contributed by atoms with van der Waals surface area (Å²) >= 11 is 0. The minimum Gasteiger partial charge on any atom is -0.462 e. The zero-order valence-electron chi connectivity index (χ0n) is 16.4. The summed E-state index contributed by atoms with van der Waals surface area (Å²) < 4.78 is 5.29. The molecule has 0 saturated heterocycles. The fourth-order valence-electron chi connectivity index (χ4n) is 2.68. The molecule has 0 aromatic heterocycles. The van der Waals surface area contributed by atoms with Crippen molar-refractivity contribution in [2.75, 3.05) is 19.7 Å². The zero-order chi connectivity index (χ0) is 18.8. The highest BCUT2D eigenvalue weighted by atomic mass is 16.5. The van der Waals surface area contributed by atoms with Gasteiger partial charge in [0.25, 0.3) is 5.91 Å². The number of esters is 1. The molecule has 140 valence electrons. The maximum absolute atomic E-state index is 12.9. The number of unbranched alkanes of at least 4 members (excludes halogenated alkanes) is 2. The maximum atomic E-state index is 12.9. The Morgan fingerprint density at radius 3 is 2.16 bits per heavy atom. The molecule has 1 amide bonds. The van der Waals surface area contributed by atoms with Crippen molar-refractivity contribution < 1.29 is 14.3 Å². The van der Waals surface area contributed by atoms with E-state index >= 15 is 0 Å². The number of rotatable bonds is 10. The Morgan fingerprint density at radius 1 is 1.00 bits per heavy atom. The number of amides is 1. The summed E-state index contributed by atoms with van der Waals surface area (Å²) in [6, 6.07) is 6.87. The molecular weight excluding hydrogens is 314 g/mol. The minimum atomic E-state index is -0.356. The molecule has 0 N–H and O–H groups in total. The van der Waals surface area contributed by atoms with E-state index in [0.717, 1.165) is 19.3 Å². The topological polar surface area (TPSA) is 46.6 Å². The van der Waals surface area contributed by atoms with Crippen LogP contribution in [0.15, 0.2) is 24.3 Å². The largest absolute Gasteiger partial charge is 0.462 e. The summed E-state index contributed by atoms with van der Waals surface area (Å²) in [6.45, 7) is 12.4. The SMILES string of the molecule is CCCCCOC(=O)c1cccc(C(=O)N(CC(C)C)CC(C)C)c1. The van der Waals surface area contributed by atoms with Crippen LogP contribution in [0.5, 0.6) is 0 Å². The Hall–Kier alpha value is -1.84. The van der Waals surface area contributed by atoms with Crippen LogP contribution < -0.4 is 0 Å². The van der Waals surface area contributed by atoms with Crippen molar-refractivity contribution in [1.29, 1.82) is 0 Å². The molecule has 4 heteroatoms. The summed E-state index contributed by atoms with van der Waals surface area (Å²) in [5, 5.41) is 0. The first-order valence-electron chi connectivity index (χ1n) is 9.41. The predicted molar refractivity (Wildman–Crippen MR) is 102 cm³/mol.